The van der Waals surface area contributed by atoms with Gasteiger partial charge in [-0.2, -0.15) is 4.68 Å². The molecule has 8 nitrogen and oxygen atoms in total. The zero-order chi connectivity index (χ0) is 26.1. The molecule has 1 aromatic heterocycles. The molecule has 8 heteroatoms. The summed E-state index contributed by atoms with van der Waals surface area (Å²) in [6.07, 6.45) is 2.17. The Balaban J connectivity index is 1.28. The number of anilines is 2. The predicted octanol–water partition coefficient (Wildman–Crippen LogP) is 4.09. The molecule has 1 saturated heterocycles. The molecule has 0 radical (unpaired) electrons. The molecule has 2 aliphatic heterocycles. The van der Waals surface area contributed by atoms with Gasteiger partial charge in [-0.25, -0.2) is 0 Å². The second kappa shape index (κ2) is 10.1. The van der Waals surface area contributed by atoms with Crippen molar-refractivity contribution in [3.05, 3.63) is 107 Å². The molecule has 3 aromatic carbocycles. The number of carbonyl (C=O) groups excluding carboxylic acids is 1. The zero-order valence-corrected chi connectivity index (χ0v) is 21.7. The van der Waals surface area contributed by atoms with Gasteiger partial charge in [-0.05, 0) is 53.6 Å². The summed E-state index contributed by atoms with van der Waals surface area (Å²) in [5.41, 5.74) is 6.64. The van der Waals surface area contributed by atoms with Crippen LogP contribution < -0.4 is 9.80 Å². The number of hydrogen-bond donors (Lipinski definition) is 0. The van der Waals surface area contributed by atoms with E-state index in [1.54, 1.807) is 0 Å². The Morgan fingerprint density at radius 3 is 2.18 bits per heavy atom. The van der Waals surface area contributed by atoms with Crippen molar-refractivity contribution in [1.82, 2.24) is 25.1 Å². The number of nitrogens with zero attached hydrogens (tertiary/aromatic N) is 7. The van der Waals surface area contributed by atoms with Gasteiger partial charge in [0.2, 0.25) is 5.91 Å². The SMILES string of the molecule is Cc1ccc(C2=C[C@H](c3ccc(C)cc3)n3nnnc3N2CC(=O)N2CCN(c3ccccc3)CC2)cc1. The highest BCUT2D eigenvalue weighted by Gasteiger charge is 2.33. The fourth-order valence-electron chi connectivity index (χ4n) is 5.19. The molecule has 0 N–H and O–H groups in total. The molecule has 0 saturated carbocycles. The van der Waals surface area contributed by atoms with Crippen LogP contribution >= 0.6 is 0 Å². The molecule has 0 spiro atoms. The van der Waals surface area contributed by atoms with Gasteiger partial charge in [0.25, 0.3) is 5.95 Å². The highest BCUT2D eigenvalue weighted by molar-refractivity contribution is 5.89. The van der Waals surface area contributed by atoms with Gasteiger partial charge in [0.05, 0.1) is 5.70 Å². The minimum atomic E-state index is -0.169. The van der Waals surface area contributed by atoms with Crippen molar-refractivity contribution in [1.29, 1.82) is 0 Å². The maximum atomic E-state index is 13.6. The number of aryl methyl sites for hydroxylation is 2. The van der Waals surface area contributed by atoms with Crippen molar-refractivity contribution >= 4 is 23.2 Å². The summed E-state index contributed by atoms with van der Waals surface area (Å²) in [6, 6.07) is 27.0. The first-order valence-electron chi connectivity index (χ1n) is 13.1. The van der Waals surface area contributed by atoms with E-state index in [0.29, 0.717) is 19.0 Å². The van der Waals surface area contributed by atoms with Crippen LogP contribution in [0.4, 0.5) is 11.6 Å². The number of allylic oxidation sites excluding steroid dienone is 1. The Morgan fingerprint density at radius 1 is 0.842 bits per heavy atom. The van der Waals surface area contributed by atoms with Gasteiger partial charge in [-0.1, -0.05) is 83.0 Å². The molecule has 1 amide bonds. The fraction of sp³-hybridized carbons (Fsp3) is 0.267. The summed E-state index contributed by atoms with van der Waals surface area (Å²) in [6.45, 7) is 7.31. The van der Waals surface area contributed by atoms with Gasteiger partial charge in [0.1, 0.15) is 12.6 Å². The molecule has 3 heterocycles. The smallest absolute Gasteiger partial charge is 0.251 e. The van der Waals surface area contributed by atoms with E-state index in [1.165, 1.54) is 16.8 Å². The van der Waals surface area contributed by atoms with E-state index in [2.05, 4.69) is 113 Å². The molecule has 0 bridgehead atoms. The first-order valence-corrected chi connectivity index (χ1v) is 13.1. The average molecular weight is 506 g/mol. The number of benzene rings is 3. The van der Waals surface area contributed by atoms with Crippen molar-refractivity contribution in [2.75, 3.05) is 42.5 Å². The van der Waals surface area contributed by atoms with Crippen LogP contribution in [0.25, 0.3) is 5.70 Å². The third kappa shape index (κ3) is 4.65. The van der Waals surface area contributed by atoms with Crippen LogP contribution in [0, 0.1) is 13.8 Å². The Kier molecular flexibility index (Phi) is 6.37. The molecular weight excluding hydrogens is 474 g/mol. The summed E-state index contributed by atoms with van der Waals surface area (Å²) in [5.74, 6) is 0.643. The molecule has 4 aromatic rings. The summed E-state index contributed by atoms with van der Waals surface area (Å²) in [4.78, 5) is 19.9. The van der Waals surface area contributed by atoms with Crippen molar-refractivity contribution in [3.63, 3.8) is 0 Å². The lowest BCUT2D eigenvalue weighted by Crippen LogP contribution is -2.51. The standard InChI is InChI=1S/C30H31N7O/c1-22-8-12-24(13-9-22)27-20-28(25-14-10-23(2)11-15-25)37-30(31-32-33-37)36(27)21-29(38)35-18-16-34(17-19-35)26-6-4-3-5-7-26/h3-15,20,28H,16-19,21H2,1-2H3/t28-/m1/s1. The van der Waals surface area contributed by atoms with Crippen molar-refractivity contribution < 1.29 is 4.79 Å². The van der Waals surface area contributed by atoms with E-state index in [-0.39, 0.29) is 18.5 Å². The number of aromatic nitrogens is 4. The lowest BCUT2D eigenvalue weighted by atomic mass is 9.99. The van der Waals surface area contributed by atoms with Crippen LogP contribution in [0.5, 0.6) is 0 Å². The van der Waals surface area contributed by atoms with E-state index in [0.717, 1.165) is 29.9 Å². The van der Waals surface area contributed by atoms with Crippen molar-refractivity contribution in [3.8, 4) is 0 Å². The van der Waals surface area contributed by atoms with Crippen molar-refractivity contribution in [2.45, 2.75) is 19.9 Å². The summed E-state index contributed by atoms with van der Waals surface area (Å²) < 4.78 is 1.81. The van der Waals surface area contributed by atoms with E-state index in [9.17, 15) is 4.79 Å². The molecule has 192 valence electrons. The second-order valence-electron chi connectivity index (χ2n) is 9.99. The third-order valence-corrected chi connectivity index (χ3v) is 7.40. The molecule has 1 atom stereocenters. The summed E-state index contributed by atoms with van der Waals surface area (Å²) >= 11 is 0. The van der Waals surface area contributed by atoms with Crippen LogP contribution in [-0.2, 0) is 4.79 Å². The molecular formula is C30H31N7O. The van der Waals surface area contributed by atoms with E-state index in [1.807, 2.05) is 20.5 Å². The van der Waals surface area contributed by atoms with Gasteiger partial charge >= 0.3 is 0 Å². The van der Waals surface area contributed by atoms with Crippen LogP contribution in [0.2, 0.25) is 0 Å². The summed E-state index contributed by atoms with van der Waals surface area (Å²) in [7, 11) is 0. The second-order valence-corrected chi connectivity index (χ2v) is 9.99. The minimum Gasteiger partial charge on any atom is -0.368 e. The normalized spacial score (nSPS) is 17.3. The number of tetrazole rings is 1. The van der Waals surface area contributed by atoms with Crippen LogP contribution in [0.3, 0.4) is 0 Å². The summed E-state index contributed by atoms with van der Waals surface area (Å²) in [5, 5.41) is 12.7. The average Bonchev–Trinajstić information content (AvgIpc) is 3.45. The number of amides is 1. The fourth-order valence-corrected chi connectivity index (χ4v) is 5.19. The molecule has 0 unspecified atom stereocenters. The van der Waals surface area contributed by atoms with Crippen LogP contribution in [0.15, 0.2) is 84.9 Å². The first kappa shape index (κ1) is 23.9. The molecule has 2 aliphatic rings. The molecule has 0 aliphatic carbocycles. The topological polar surface area (TPSA) is 70.4 Å². The lowest BCUT2D eigenvalue weighted by molar-refractivity contribution is -0.129. The Bertz CT molecular complexity index is 1440. The van der Waals surface area contributed by atoms with Gasteiger partial charge < -0.3 is 9.80 Å². The number of hydrogen-bond acceptors (Lipinski definition) is 6. The monoisotopic (exact) mass is 505 g/mol. The number of fused-ring (bicyclic) bond motifs is 1. The van der Waals surface area contributed by atoms with Gasteiger partial charge in [-0.15, -0.1) is 0 Å². The maximum absolute atomic E-state index is 13.6. The lowest BCUT2D eigenvalue weighted by Gasteiger charge is -2.38. The Morgan fingerprint density at radius 2 is 1.50 bits per heavy atom. The molecule has 6 rings (SSSR count). The maximum Gasteiger partial charge on any atom is 0.251 e. The quantitative estimate of drug-likeness (QED) is 0.407. The van der Waals surface area contributed by atoms with Gasteiger partial charge in [-0.3, -0.25) is 9.69 Å². The first-order chi connectivity index (χ1) is 18.6. The highest BCUT2D eigenvalue weighted by atomic mass is 16.2. The predicted molar refractivity (Wildman–Crippen MR) is 149 cm³/mol. The minimum absolute atomic E-state index is 0.0686. The van der Waals surface area contributed by atoms with Gasteiger partial charge in [0.15, 0.2) is 0 Å². The van der Waals surface area contributed by atoms with E-state index < -0.39 is 0 Å². The Hall–Kier alpha value is -4.46. The largest absolute Gasteiger partial charge is 0.368 e. The Labute approximate surface area is 222 Å². The molecule has 1 fully saturated rings. The van der Waals surface area contributed by atoms with E-state index in [4.69, 9.17) is 0 Å². The van der Waals surface area contributed by atoms with Crippen LogP contribution in [-0.4, -0.2) is 63.7 Å². The van der Waals surface area contributed by atoms with Crippen molar-refractivity contribution in [2.24, 2.45) is 0 Å². The number of carbonyl (C=O) groups is 1. The zero-order valence-electron chi connectivity index (χ0n) is 21.7. The number of piperazine rings is 1. The van der Waals surface area contributed by atoms with Gasteiger partial charge in [0, 0.05) is 31.9 Å². The number of para-hydroxylation sites is 1. The van der Waals surface area contributed by atoms with E-state index >= 15 is 0 Å². The highest BCUT2D eigenvalue weighted by Crippen LogP contribution is 2.36. The molecule has 38 heavy (non-hydrogen) atoms. The third-order valence-electron chi connectivity index (χ3n) is 7.40. The van der Waals surface area contributed by atoms with Crippen LogP contribution in [0.1, 0.15) is 28.3 Å². The number of rotatable bonds is 5.